The minimum Gasteiger partial charge on any atom is -0.493 e. The van der Waals surface area contributed by atoms with Crippen LogP contribution in [-0.4, -0.2) is 39.9 Å². The highest BCUT2D eigenvalue weighted by atomic mass is 16.5. The van der Waals surface area contributed by atoms with Crippen LogP contribution in [0.25, 0.3) is 0 Å². The van der Waals surface area contributed by atoms with Crippen LogP contribution >= 0.6 is 0 Å². The van der Waals surface area contributed by atoms with Crippen molar-refractivity contribution in [2.45, 2.75) is 51.6 Å². The summed E-state index contributed by atoms with van der Waals surface area (Å²) in [6, 6.07) is 4.40. The molecule has 1 aromatic rings. The highest BCUT2D eigenvalue weighted by Gasteiger charge is 2.15. The van der Waals surface area contributed by atoms with Crippen LogP contribution in [0.3, 0.4) is 0 Å². The topological polar surface area (TPSA) is 64.1 Å². The fraction of sp³-hybridized carbons (Fsp3) is 0.632. The second-order valence-electron chi connectivity index (χ2n) is 6.21. The minimum atomic E-state index is 0.520. The fourth-order valence-electron chi connectivity index (χ4n) is 3.16. The molecule has 0 radical (unpaired) electrons. The molecule has 1 aromatic carbocycles. The van der Waals surface area contributed by atoms with Crippen molar-refractivity contribution >= 4 is 5.96 Å². The Balaban J connectivity index is 2.12. The van der Waals surface area contributed by atoms with Gasteiger partial charge in [0.2, 0.25) is 5.75 Å². The first-order chi connectivity index (χ1) is 12.2. The van der Waals surface area contributed by atoms with Crippen molar-refractivity contribution in [1.29, 1.82) is 0 Å². The van der Waals surface area contributed by atoms with E-state index in [-0.39, 0.29) is 0 Å². The molecule has 0 heterocycles. The lowest BCUT2D eigenvalue weighted by Gasteiger charge is -2.25. The molecular formula is C19H31N3O3. The first-order valence-electron chi connectivity index (χ1n) is 9.05. The number of hydrogen-bond donors (Lipinski definition) is 2. The highest BCUT2D eigenvalue weighted by Crippen LogP contribution is 2.38. The number of benzene rings is 1. The molecule has 1 aliphatic rings. The van der Waals surface area contributed by atoms with Crippen LogP contribution < -0.4 is 24.8 Å². The van der Waals surface area contributed by atoms with Crippen molar-refractivity contribution in [2.24, 2.45) is 4.99 Å². The molecule has 2 rings (SSSR count). The zero-order chi connectivity index (χ0) is 18.1. The molecule has 25 heavy (non-hydrogen) atoms. The van der Waals surface area contributed by atoms with Gasteiger partial charge in [-0.25, -0.2) is 4.99 Å². The number of ether oxygens (including phenoxy) is 3. The number of hydrogen-bond acceptors (Lipinski definition) is 4. The van der Waals surface area contributed by atoms with Crippen molar-refractivity contribution < 1.29 is 14.2 Å². The van der Waals surface area contributed by atoms with Gasteiger partial charge in [0.25, 0.3) is 0 Å². The highest BCUT2D eigenvalue weighted by molar-refractivity contribution is 5.80. The molecule has 1 saturated carbocycles. The van der Waals surface area contributed by atoms with Gasteiger partial charge in [-0.15, -0.1) is 0 Å². The monoisotopic (exact) mass is 349 g/mol. The van der Waals surface area contributed by atoms with Crippen molar-refractivity contribution in [3.05, 3.63) is 17.7 Å². The average molecular weight is 349 g/mol. The third-order valence-electron chi connectivity index (χ3n) is 4.43. The van der Waals surface area contributed by atoms with Gasteiger partial charge >= 0.3 is 0 Å². The van der Waals surface area contributed by atoms with Gasteiger partial charge in [-0.2, -0.15) is 0 Å². The first-order valence-corrected chi connectivity index (χ1v) is 9.05. The number of nitrogens with one attached hydrogen (secondary N) is 2. The van der Waals surface area contributed by atoms with E-state index in [2.05, 4.69) is 17.6 Å². The Hall–Kier alpha value is -2.11. The summed E-state index contributed by atoms with van der Waals surface area (Å²) in [4.78, 5) is 4.73. The number of aliphatic imine (C=N–C) groups is 1. The molecule has 0 atom stereocenters. The minimum absolute atomic E-state index is 0.520. The number of methoxy groups -OCH3 is 3. The van der Waals surface area contributed by atoms with E-state index in [1.54, 1.807) is 21.3 Å². The Morgan fingerprint density at radius 3 is 2.20 bits per heavy atom. The second kappa shape index (κ2) is 10.0. The predicted molar refractivity (Wildman–Crippen MR) is 101 cm³/mol. The van der Waals surface area contributed by atoms with E-state index >= 15 is 0 Å². The van der Waals surface area contributed by atoms with Crippen molar-refractivity contribution in [3.8, 4) is 17.2 Å². The molecule has 6 nitrogen and oxygen atoms in total. The van der Waals surface area contributed by atoms with Gasteiger partial charge in [0.15, 0.2) is 17.5 Å². The van der Waals surface area contributed by atoms with Crippen LogP contribution in [0.15, 0.2) is 17.1 Å². The maximum atomic E-state index is 5.41. The molecule has 0 bridgehead atoms. The van der Waals surface area contributed by atoms with Crippen LogP contribution in [0.4, 0.5) is 0 Å². The van der Waals surface area contributed by atoms with E-state index < -0.39 is 0 Å². The van der Waals surface area contributed by atoms with Gasteiger partial charge in [-0.3, -0.25) is 0 Å². The Morgan fingerprint density at radius 1 is 1.04 bits per heavy atom. The summed E-state index contributed by atoms with van der Waals surface area (Å²) in [7, 11) is 4.85. The molecule has 0 spiro atoms. The van der Waals surface area contributed by atoms with Crippen LogP contribution in [-0.2, 0) is 6.54 Å². The summed E-state index contributed by atoms with van der Waals surface area (Å²) in [6.45, 7) is 3.46. The molecular weight excluding hydrogens is 318 g/mol. The Morgan fingerprint density at radius 2 is 1.68 bits per heavy atom. The van der Waals surface area contributed by atoms with Gasteiger partial charge in [-0.1, -0.05) is 19.3 Å². The molecule has 2 N–H and O–H groups in total. The Labute approximate surface area is 151 Å². The van der Waals surface area contributed by atoms with Gasteiger partial charge < -0.3 is 24.8 Å². The van der Waals surface area contributed by atoms with E-state index in [9.17, 15) is 0 Å². The number of guanidine groups is 1. The molecule has 1 fully saturated rings. The van der Waals surface area contributed by atoms with Gasteiger partial charge in [0.05, 0.1) is 27.9 Å². The lowest BCUT2D eigenvalue weighted by atomic mass is 9.96. The van der Waals surface area contributed by atoms with Crippen molar-refractivity contribution in [1.82, 2.24) is 10.6 Å². The zero-order valence-corrected chi connectivity index (χ0v) is 15.9. The molecule has 0 amide bonds. The van der Waals surface area contributed by atoms with E-state index in [1.807, 2.05) is 12.1 Å². The standard InChI is InChI=1S/C19H31N3O3/c1-5-20-19(22-15-9-7-6-8-10-15)21-13-14-11-16(23-2)18(25-4)17(12-14)24-3/h11-12,15H,5-10,13H2,1-4H3,(H2,20,21,22). The number of rotatable bonds is 7. The van der Waals surface area contributed by atoms with E-state index in [0.29, 0.717) is 29.8 Å². The summed E-state index contributed by atoms with van der Waals surface area (Å²) in [5.74, 6) is 2.77. The third-order valence-corrected chi connectivity index (χ3v) is 4.43. The SMILES string of the molecule is CCNC(=NCc1cc(OC)c(OC)c(OC)c1)NC1CCCCC1. The maximum absolute atomic E-state index is 5.41. The largest absolute Gasteiger partial charge is 0.493 e. The van der Waals surface area contributed by atoms with Crippen LogP contribution in [0.5, 0.6) is 17.2 Å². The zero-order valence-electron chi connectivity index (χ0n) is 15.9. The lowest BCUT2D eigenvalue weighted by molar-refractivity contribution is 0.324. The summed E-state index contributed by atoms with van der Waals surface area (Å²) in [6.07, 6.45) is 6.37. The lowest BCUT2D eigenvalue weighted by Crippen LogP contribution is -2.44. The fourth-order valence-corrected chi connectivity index (χ4v) is 3.16. The second-order valence-corrected chi connectivity index (χ2v) is 6.21. The smallest absolute Gasteiger partial charge is 0.203 e. The number of nitrogens with zero attached hydrogens (tertiary/aromatic N) is 1. The Kier molecular flexibility index (Phi) is 7.70. The van der Waals surface area contributed by atoms with Gasteiger partial charge in [0.1, 0.15) is 0 Å². The molecule has 1 aliphatic carbocycles. The van der Waals surface area contributed by atoms with Crippen LogP contribution in [0, 0.1) is 0 Å². The van der Waals surface area contributed by atoms with E-state index in [4.69, 9.17) is 19.2 Å². The normalized spacial score (nSPS) is 15.6. The van der Waals surface area contributed by atoms with E-state index in [1.165, 1.54) is 32.1 Å². The summed E-state index contributed by atoms with van der Waals surface area (Å²) >= 11 is 0. The average Bonchev–Trinajstić information content (AvgIpc) is 2.66. The maximum Gasteiger partial charge on any atom is 0.203 e. The molecule has 0 aromatic heterocycles. The first kappa shape index (κ1) is 19.2. The molecule has 140 valence electrons. The van der Waals surface area contributed by atoms with Crippen molar-refractivity contribution in [2.75, 3.05) is 27.9 Å². The van der Waals surface area contributed by atoms with Crippen molar-refractivity contribution in [3.63, 3.8) is 0 Å². The summed E-state index contributed by atoms with van der Waals surface area (Å²) in [5, 5.41) is 6.89. The Bertz CT molecular complexity index is 544. The van der Waals surface area contributed by atoms with E-state index in [0.717, 1.165) is 18.1 Å². The quantitative estimate of drug-likeness (QED) is 0.585. The van der Waals surface area contributed by atoms with Gasteiger partial charge in [0, 0.05) is 12.6 Å². The van der Waals surface area contributed by atoms with Crippen LogP contribution in [0.1, 0.15) is 44.6 Å². The molecule has 0 aliphatic heterocycles. The molecule has 0 saturated heterocycles. The van der Waals surface area contributed by atoms with Gasteiger partial charge in [-0.05, 0) is 37.5 Å². The molecule has 6 heteroatoms. The summed E-state index contributed by atoms with van der Waals surface area (Å²) in [5.41, 5.74) is 1.01. The predicted octanol–water partition coefficient (Wildman–Crippen LogP) is 3.10. The molecule has 0 unspecified atom stereocenters. The van der Waals surface area contributed by atoms with Crippen LogP contribution in [0.2, 0.25) is 0 Å². The summed E-state index contributed by atoms with van der Waals surface area (Å²) < 4.78 is 16.2. The third kappa shape index (κ3) is 5.44.